The average molecular weight is 320 g/mol. The van der Waals surface area contributed by atoms with Crippen LogP contribution in [0.3, 0.4) is 0 Å². The maximum absolute atomic E-state index is 12.1. The van der Waals surface area contributed by atoms with Crippen molar-refractivity contribution >= 4 is 33.3 Å². The van der Waals surface area contributed by atoms with Crippen molar-refractivity contribution in [3.8, 4) is 0 Å². The van der Waals surface area contributed by atoms with Gasteiger partial charge in [0.15, 0.2) is 0 Å². The predicted molar refractivity (Wildman–Crippen MR) is 80.2 cm³/mol. The second-order valence-corrected chi connectivity index (χ2v) is 5.25. The minimum atomic E-state index is -0.192. The Morgan fingerprint density at radius 2 is 1.89 bits per heavy atom. The number of carbonyl (C=O) groups excluding carboxylic acids is 1. The maximum Gasteiger partial charge on any atom is 0.255 e. The molecule has 0 radical (unpaired) electrons. The Labute approximate surface area is 120 Å². The van der Waals surface area contributed by atoms with Crippen LogP contribution in [0.5, 0.6) is 0 Å². The summed E-state index contributed by atoms with van der Waals surface area (Å²) in [6.45, 7) is 3.91. The van der Waals surface area contributed by atoms with E-state index in [1.807, 2.05) is 26.0 Å². The minimum Gasteiger partial charge on any atom is -0.384 e. The highest BCUT2D eigenvalue weighted by Crippen LogP contribution is 2.25. The Hall–Kier alpha value is -1.88. The van der Waals surface area contributed by atoms with Crippen LogP contribution in [-0.4, -0.2) is 10.9 Å². The van der Waals surface area contributed by atoms with E-state index in [0.717, 1.165) is 21.3 Å². The van der Waals surface area contributed by atoms with Gasteiger partial charge in [-0.2, -0.15) is 0 Å². The number of nitrogen functional groups attached to an aromatic ring is 1. The number of aromatic nitrogens is 1. The number of amides is 1. The van der Waals surface area contributed by atoms with E-state index in [0.29, 0.717) is 11.4 Å². The van der Waals surface area contributed by atoms with Crippen LogP contribution in [0.4, 0.5) is 11.5 Å². The number of anilines is 2. The largest absolute Gasteiger partial charge is 0.384 e. The van der Waals surface area contributed by atoms with Gasteiger partial charge in [-0.1, -0.05) is 15.9 Å². The van der Waals surface area contributed by atoms with Crippen LogP contribution < -0.4 is 11.1 Å². The molecule has 0 aliphatic carbocycles. The fraction of sp³-hybridized carbons (Fsp3) is 0.143. The highest BCUT2D eigenvalue weighted by atomic mass is 79.9. The second kappa shape index (κ2) is 5.40. The fourth-order valence-corrected chi connectivity index (χ4v) is 2.57. The van der Waals surface area contributed by atoms with Crippen molar-refractivity contribution in [1.82, 2.24) is 4.98 Å². The third-order valence-electron chi connectivity index (χ3n) is 2.78. The Bertz CT molecular complexity index is 617. The SMILES string of the molecule is Cc1cc(Br)cc(C)c1NC(=O)c1ccnc(N)c1. The van der Waals surface area contributed by atoms with Crippen molar-refractivity contribution in [2.24, 2.45) is 0 Å². The molecule has 0 saturated carbocycles. The van der Waals surface area contributed by atoms with Crippen LogP contribution in [0, 0.1) is 13.8 Å². The van der Waals surface area contributed by atoms with E-state index in [9.17, 15) is 4.79 Å². The molecule has 0 fully saturated rings. The van der Waals surface area contributed by atoms with Gasteiger partial charge in [0, 0.05) is 21.9 Å². The molecular weight excluding hydrogens is 306 g/mol. The van der Waals surface area contributed by atoms with Gasteiger partial charge >= 0.3 is 0 Å². The molecule has 4 nitrogen and oxygen atoms in total. The highest BCUT2D eigenvalue weighted by Gasteiger charge is 2.10. The van der Waals surface area contributed by atoms with E-state index in [1.54, 1.807) is 12.1 Å². The molecule has 1 aromatic heterocycles. The lowest BCUT2D eigenvalue weighted by atomic mass is 10.1. The molecule has 98 valence electrons. The number of pyridine rings is 1. The monoisotopic (exact) mass is 319 g/mol. The van der Waals surface area contributed by atoms with Crippen LogP contribution in [0.25, 0.3) is 0 Å². The average Bonchev–Trinajstić information content (AvgIpc) is 2.33. The summed E-state index contributed by atoms with van der Waals surface area (Å²) in [6.07, 6.45) is 1.52. The van der Waals surface area contributed by atoms with E-state index in [4.69, 9.17) is 5.73 Å². The van der Waals surface area contributed by atoms with Gasteiger partial charge in [-0.05, 0) is 49.2 Å². The standard InChI is InChI=1S/C14H14BrN3O/c1-8-5-11(15)6-9(2)13(8)18-14(19)10-3-4-17-12(16)7-10/h3-7H,1-2H3,(H2,16,17)(H,18,19). The number of halogens is 1. The lowest BCUT2D eigenvalue weighted by Crippen LogP contribution is -2.14. The summed E-state index contributed by atoms with van der Waals surface area (Å²) in [4.78, 5) is 16.0. The van der Waals surface area contributed by atoms with Crippen molar-refractivity contribution in [2.75, 3.05) is 11.1 Å². The normalized spacial score (nSPS) is 10.3. The van der Waals surface area contributed by atoms with Gasteiger partial charge in [-0.25, -0.2) is 4.98 Å². The molecule has 0 unspecified atom stereocenters. The molecule has 0 bridgehead atoms. The summed E-state index contributed by atoms with van der Waals surface area (Å²) in [5, 5.41) is 2.91. The van der Waals surface area contributed by atoms with Gasteiger partial charge in [0.05, 0.1) is 0 Å². The lowest BCUT2D eigenvalue weighted by Gasteiger charge is -2.12. The Morgan fingerprint density at radius 1 is 1.26 bits per heavy atom. The van der Waals surface area contributed by atoms with E-state index >= 15 is 0 Å². The molecule has 0 atom stereocenters. The van der Waals surface area contributed by atoms with Gasteiger partial charge in [0.2, 0.25) is 0 Å². The van der Waals surface area contributed by atoms with Crippen molar-refractivity contribution in [2.45, 2.75) is 13.8 Å². The number of benzene rings is 1. The van der Waals surface area contributed by atoms with Gasteiger partial charge in [-0.3, -0.25) is 4.79 Å². The molecule has 5 heteroatoms. The topological polar surface area (TPSA) is 68.0 Å². The maximum atomic E-state index is 12.1. The Balaban J connectivity index is 2.29. The first-order valence-corrected chi connectivity index (χ1v) is 6.56. The Morgan fingerprint density at radius 3 is 2.47 bits per heavy atom. The number of hydrogen-bond acceptors (Lipinski definition) is 3. The predicted octanol–water partition coefficient (Wildman–Crippen LogP) is 3.30. The quantitative estimate of drug-likeness (QED) is 0.892. The van der Waals surface area contributed by atoms with E-state index < -0.39 is 0 Å². The Kier molecular flexibility index (Phi) is 3.85. The number of carbonyl (C=O) groups is 1. The summed E-state index contributed by atoms with van der Waals surface area (Å²) in [5.41, 5.74) is 8.89. The molecule has 0 spiro atoms. The van der Waals surface area contributed by atoms with Gasteiger partial charge < -0.3 is 11.1 Å². The zero-order chi connectivity index (χ0) is 14.0. The molecule has 1 aromatic carbocycles. The number of nitrogens with zero attached hydrogens (tertiary/aromatic N) is 1. The van der Waals surface area contributed by atoms with Crippen LogP contribution >= 0.6 is 15.9 Å². The van der Waals surface area contributed by atoms with Crippen molar-refractivity contribution in [3.05, 3.63) is 51.6 Å². The van der Waals surface area contributed by atoms with Gasteiger partial charge in [0.25, 0.3) is 5.91 Å². The first kappa shape index (κ1) is 13.5. The first-order valence-electron chi connectivity index (χ1n) is 5.77. The lowest BCUT2D eigenvalue weighted by molar-refractivity contribution is 0.102. The second-order valence-electron chi connectivity index (χ2n) is 4.34. The summed E-state index contributed by atoms with van der Waals surface area (Å²) in [6, 6.07) is 7.11. The minimum absolute atomic E-state index is 0.192. The summed E-state index contributed by atoms with van der Waals surface area (Å²) >= 11 is 3.43. The smallest absolute Gasteiger partial charge is 0.255 e. The molecule has 0 aliphatic rings. The third-order valence-corrected chi connectivity index (χ3v) is 3.24. The molecular formula is C14H14BrN3O. The van der Waals surface area contributed by atoms with Crippen LogP contribution in [0.1, 0.15) is 21.5 Å². The van der Waals surface area contributed by atoms with E-state index in [2.05, 4.69) is 26.2 Å². The summed E-state index contributed by atoms with van der Waals surface area (Å²) < 4.78 is 0.994. The zero-order valence-electron chi connectivity index (χ0n) is 10.7. The molecule has 3 N–H and O–H groups in total. The number of nitrogens with two attached hydrogens (primary N) is 1. The molecule has 2 rings (SSSR count). The van der Waals surface area contributed by atoms with Crippen LogP contribution in [0.2, 0.25) is 0 Å². The highest BCUT2D eigenvalue weighted by molar-refractivity contribution is 9.10. The molecule has 1 heterocycles. The zero-order valence-corrected chi connectivity index (χ0v) is 12.3. The third kappa shape index (κ3) is 3.12. The molecule has 0 saturated heterocycles. The molecule has 2 aromatic rings. The van der Waals surface area contributed by atoms with Crippen molar-refractivity contribution in [1.29, 1.82) is 0 Å². The van der Waals surface area contributed by atoms with Crippen molar-refractivity contribution < 1.29 is 4.79 Å². The van der Waals surface area contributed by atoms with Gasteiger partial charge in [-0.15, -0.1) is 0 Å². The van der Waals surface area contributed by atoms with Crippen LogP contribution in [-0.2, 0) is 0 Å². The van der Waals surface area contributed by atoms with E-state index in [1.165, 1.54) is 6.20 Å². The van der Waals surface area contributed by atoms with Crippen LogP contribution in [0.15, 0.2) is 34.9 Å². The number of aryl methyl sites for hydroxylation is 2. The summed E-state index contributed by atoms with van der Waals surface area (Å²) in [7, 11) is 0. The molecule has 0 aliphatic heterocycles. The van der Waals surface area contributed by atoms with Crippen molar-refractivity contribution in [3.63, 3.8) is 0 Å². The number of hydrogen-bond donors (Lipinski definition) is 2. The molecule has 1 amide bonds. The van der Waals surface area contributed by atoms with Gasteiger partial charge in [0.1, 0.15) is 5.82 Å². The molecule has 19 heavy (non-hydrogen) atoms. The van der Waals surface area contributed by atoms with E-state index in [-0.39, 0.29) is 5.91 Å². The summed E-state index contributed by atoms with van der Waals surface area (Å²) in [5.74, 6) is 0.138. The number of rotatable bonds is 2. The first-order chi connectivity index (χ1) is 8.97. The fourth-order valence-electron chi connectivity index (χ4n) is 1.88. The number of nitrogens with one attached hydrogen (secondary N) is 1.